The lowest BCUT2D eigenvalue weighted by atomic mass is 10.4. The summed E-state index contributed by atoms with van der Waals surface area (Å²) in [6.45, 7) is 13.2. The van der Waals surface area contributed by atoms with Gasteiger partial charge in [0.1, 0.15) is 0 Å². The fourth-order valence-electron chi connectivity index (χ4n) is 1.37. The summed E-state index contributed by atoms with van der Waals surface area (Å²) >= 11 is 0. The van der Waals surface area contributed by atoms with Crippen molar-refractivity contribution in [2.75, 3.05) is 52.4 Å². The van der Waals surface area contributed by atoms with Gasteiger partial charge in [0.05, 0.1) is 0 Å². The van der Waals surface area contributed by atoms with Crippen LogP contribution in [0, 0.1) is 0 Å². The molecule has 0 aromatic carbocycles. The van der Waals surface area contributed by atoms with Gasteiger partial charge in [-0.05, 0) is 19.5 Å². The SMILES string of the molecule is C1CNCCN1.C1CNCCNC1.CC. The Morgan fingerprint density at radius 3 is 1.00 bits per heavy atom. The third-order valence-electron chi connectivity index (χ3n) is 2.14. The fraction of sp³-hybridized carbons (Fsp3) is 1.00. The van der Waals surface area contributed by atoms with Crippen LogP contribution in [0.25, 0.3) is 0 Å². The maximum atomic E-state index is 3.28. The molecule has 0 aromatic heterocycles. The molecule has 15 heavy (non-hydrogen) atoms. The predicted octanol–water partition coefficient (Wildman–Crippen LogP) is -0.225. The molecule has 0 amide bonds. The molecule has 0 aromatic rings. The second-order valence-corrected chi connectivity index (χ2v) is 3.35. The van der Waals surface area contributed by atoms with Crippen molar-refractivity contribution in [2.45, 2.75) is 20.3 Å². The van der Waals surface area contributed by atoms with E-state index in [1.54, 1.807) is 0 Å². The van der Waals surface area contributed by atoms with Crippen molar-refractivity contribution < 1.29 is 0 Å². The maximum absolute atomic E-state index is 3.28. The molecule has 2 rings (SSSR count). The van der Waals surface area contributed by atoms with Crippen molar-refractivity contribution >= 4 is 0 Å². The van der Waals surface area contributed by atoms with Crippen LogP contribution in [0.3, 0.4) is 0 Å². The molecule has 2 saturated heterocycles. The van der Waals surface area contributed by atoms with Gasteiger partial charge < -0.3 is 21.3 Å². The molecule has 0 saturated carbocycles. The number of hydrogen-bond donors (Lipinski definition) is 4. The second kappa shape index (κ2) is 13.8. The second-order valence-electron chi connectivity index (χ2n) is 3.35. The molecular weight excluding hydrogens is 188 g/mol. The van der Waals surface area contributed by atoms with Gasteiger partial charge in [-0.3, -0.25) is 0 Å². The molecular formula is C11H28N4. The lowest BCUT2D eigenvalue weighted by molar-refractivity contribution is 0.534. The van der Waals surface area contributed by atoms with E-state index in [2.05, 4.69) is 21.3 Å². The van der Waals surface area contributed by atoms with E-state index in [0.29, 0.717) is 0 Å². The van der Waals surface area contributed by atoms with Crippen LogP contribution >= 0.6 is 0 Å². The van der Waals surface area contributed by atoms with Crippen LogP contribution in [-0.2, 0) is 0 Å². The summed E-state index contributed by atoms with van der Waals surface area (Å²) in [5.41, 5.74) is 0. The number of rotatable bonds is 0. The van der Waals surface area contributed by atoms with Crippen molar-refractivity contribution in [2.24, 2.45) is 0 Å². The lowest BCUT2D eigenvalue weighted by Crippen LogP contribution is -2.39. The number of hydrogen-bond acceptors (Lipinski definition) is 4. The van der Waals surface area contributed by atoms with Crippen LogP contribution in [-0.4, -0.2) is 52.4 Å². The van der Waals surface area contributed by atoms with Crippen molar-refractivity contribution in [1.82, 2.24) is 21.3 Å². The highest BCUT2D eigenvalue weighted by atomic mass is 15.0. The number of nitrogens with one attached hydrogen (secondary N) is 4. The maximum Gasteiger partial charge on any atom is 0.00772 e. The van der Waals surface area contributed by atoms with Crippen LogP contribution < -0.4 is 21.3 Å². The summed E-state index contributed by atoms with van der Waals surface area (Å²) in [5.74, 6) is 0. The van der Waals surface area contributed by atoms with Gasteiger partial charge in [0, 0.05) is 39.3 Å². The van der Waals surface area contributed by atoms with Crippen LogP contribution in [0.4, 0.5) is 0 Å². The Kier molecular flexibility index (Phi) is 13.7. The van der Waals surface area contributed by atoms with Crippen molar-refractivity contribution in [3.8, 4) is 0 Å². The average molecular weight is 216 g/mol. The summed E-state index contributed by atoms with van der Waals surface area (Å²) in [6, 6.07) is 0. The van der Waals surface area contributed by atoms with E-state index in [-0.39, 0.29) is 0 Å². The van der Waals surface area contributed by atoms with Gasteiger partial charge in [-0.1, -0.05) is 13.8 Å². The molecule has 0 atom stereocenters. The smallest absolute Gasteiger partial charge is 0.00772 e. The molecule has 92 valence electrons. The first-order valence-corrected chi connectivity index (χ1v) is 6.33. The Morgan fingerprint density at radius 2 is 0.733 bits per heavy atom. The third-order valence-corrected chi connectivity index (χ3v) is 2.14. The van der Waals surface area contributed by atoms with E-state index in [0.717, 1.165) is 39.3 Å². The van der Waals surface area contributed by atoms with E-state index in [9.17, 15) is 0 Å². The topological polar surface area (TPSA) is 48.1 Å². The first-order valence-electron chi connectivity index (χ1n) is 6.33. The normalized spacial score (nSPS) is 21.2. The Balaban J connectivity index is 0.000000227. The molecule has 0 radical (unpaired) electrons. The predicted molar refractivity (Wildman–Crippen MR) is 67.4 cm³/mol. The first kappa shape index (κ1) is 14.8. The third kappa shape index (κ3) is 11.8. The van der Waals surface area contributed by atoms with Crippen LogP contribution in [0.5, 0.6) is 0 Å². The van der Waals surface area contributed by atoms with Crippen molar-refractivity contribution in [1.29, 1.82) is 0 Å². The molecule has 4 heteroatoms. The molecule has 2 aliphatic heterocycles. The molecule has 2 fully saturated rings. The molecule has 4 nitrogen and oxygen atoms in total. The van der Waals surface area contributed by atoms with E-state index < -0.39 is 0 Å². The lowest BCUT2D eigenvalue weighted by Gasteiger charge is -2.11. The Morgan fingerprint density at radius 1 is 0.467 bits per heavy atom. The van der Waals surface area contributed by atoms with E-state index in [1.807, 2.05) is 13.8 Å². The highest BCUT2D eigenvalue weighted by molar-refractivity contribution is 4.59. The summed E-state index contributed by atoms with van der Waals surface area (Å²) in [5, 5.41) is 13.0. The monoisotopic (exact) mass is 216 g/mol. The zero-order valence-corrected chi connectivity index (χ0v) is 10.4. The zero-order valence-electron chi connectivity index (χ0n) is 10.4. The largest absolute Gasteiger partial charge is 0.315 e. The number of piperazine rings is 1. The fourth-order valence-corrected chi connectivity index (χ4v) is 1.37. The minimum atomic E-state index is 1.14. The average Bonchev–Trinajstić information content (AvgIpc) is 2.67. The van der Waals surface area contributed by atoms with Gasteiger partial charge >= 0.3 is 0 Å². The molecule has 2 aliphatic rings. The van der Waals surface area contributed by atoms with E-state index in [4.69, 9.17) is 0 Å². The minimum Gasteiger partial charge on any atom is -0.315 e. The molecule has 0 unspecified atom stereocenters. The minimum absolute atomic E-state index is 1.14. The summed E-state index contributed by atoms with van der Waals surface area (Å²) in [6.07, 6.45) is 1.28. The Labute approximate surface area is 94.6 Å². The highest BCUT2D eigenvalue weighted by Crippen LogP contribution is 1.75. The van der Waals surface area contributed by atoms with Gasteiger partial charge in [-0.15, -0.1) is 0 Å². The molecule has 0 aliphatic carbocycles. The van der Waals surface area contributed by atoms with Gasteiger partial charge in [0.15, 0.2) is 0 Å². The van der Waals surface area contributed by atoms with E-state index in [1.165, 1.54) is 19.5 Å². The quantitative estimate of drug-likeness (QED) is 0.452. The van der Waals surface area contributed by atoms with Gasteiger partial charge in [-0.25, -0.2) is 0 Å². The molecule has 4 N–H and O–H groups in total. The standard InChI is InChI=1S/C5H12N2.C4H10N2.C2H6/c1-2-6-4-5-7-3-1;1-2-6-4-3-5-1;1-2/h6-7H,1-5H2;5-6H,1-4H2;1-2H3. The van der Waals surface area contributed by atoms with Crippen LogP contribution in [0.1, 0.15) is 20.3 Å². The first-order chi connectivity index (χ1) is 7.50. The summed E-state index contributed by atoms with van der Waals surface area (Å²) in [7, 11) is 0. The highest BCUT2D eigenvalue weighted by Gasteiger charge is 1.92. The Bertz CT molecular complexity index is 73.6. The van der Waals surface area contributed by atoms with Crippen LogP contribution in [0.2, 0.25) is 0 Å². The zero-order chi connectivity index (χ0) is 11.2. The molecule has 0 spiro atoms. The van der Waals surface area contributed by atoms with Crippen molar-refractivity contribution in [3.05, 3.63) is 0 Å². The van der Waals surface area contributed by atoms with E-state index >= 15 is 0 Å². The Hall–Kier alpha value is -0.160. The molecule has 2 heterocycles. The molecule has 0 bridgehead atoms. The van der Waals surface area contributed by atoms with Gasteiger partial charge in [-0.2, -0.15) is 0 Å². The summed E-state index contributed by atoms with van der Waals surface area (Å²) in [4.78, 5) is 0. The van der Waals surface area contributed by atoms with Gasteiger partial charge in [0.2, 0.25) is 0 Å². The van der Waals surface area contributed by atoms with Crippen molar-refractivity contribution in [3.63, 3.8) is 0 Å². The summed E-state index contributed by atoms with van der Waals surface area (Å²) < 4.78 is 0. The van der Waals surface area contributed by atoms with Gasteiger partial charge in [0.25, 0.3) is 0 Å². The van der Waals surface area contributed by atoms with Crippen LogP contribution in [0.15, 0.2) is 0 Å².